The maximum absolute atomic E-state index is 5.40. The summed E-state index contributed by atoms with van der Waals surface area (Å²) in [5, 5.41) is 7.42. The number of hydrogen-bond donors (Lipinski definition) is 1. The molecular formula is C14H27N3O2. The van der Waals surface area contributed by atoms with Crippen molar-refractivity contribution in [2.75, 3.05) is 13.2 Å². The van der Waals surface area contributed by atoms with Crippen LogP contribution in [0, 0.1) is 5.41 Å². The van der Waals surface area contributed by atoms with Crippen molar-refractivity contribution in [1.29, 1.82) is 0 Å². The van der Waals surface area contributed by atoms with E-state index >= 15 is 0 Å². The van der Waals surface area contributed by atoms with E-state index in [0.29, 0.717) is 24.4 Å². The second-order valence-electron chi connectivity index (χ2n) is 5.84. The van der Waals surface area contributed by atoms with Crippen molar-refractivity contribution < 1.29 is 9.26 Å². The van der Waals surface area contributed by atoms with Crippen molar-refractivity contribution in [3.8, 4) is 0 Å². The number of nitrogens with zero attached hydrogens (tertiary/aromatic N) is 2. The summed E-state index contributed by atoms with van der Waals surface area (Å²) in [5.41, 5.74) is 0.156. The Balaban J connectivity index is 2.55. The second-order valence-corrected chi connectivity index (χ2v) is 5.84. The molecule has 0 aliphatic heterocycles. The zero-order chi connectivity index (χ0) is 14.3. The Morgan fingerprint density at radius 3 is 2.63 bits per heavy atom. The van der Waals surface area contributed by atoms with E-state index in [-0.39, 0.29) is 5.41 Å². The van der Waals surface area contributed by atoms with Gasteiger partial charge in [-0.15, -0.1) is 0 Å². The van der Waals surface area contributed by atoms with Crippen LogP contribution in [0.2, 0.25) is 0 Å². The fraction of sp³-hybridized carbons (Fsp3) is 0.857. The van der Waals surface area contributed by atoms with Crippen LogP contribution >= 0.6 is 0 Å². The van der Waals surface area contributed by atoms with Crippen molar-refractivity contribution in [3.05, 3.63) is 11.7 Å². The van der Waals surface area contributed by atoms with E-state index in [1.54, 1.807) is 0 Å². The molecule has 0 saturated carbocycles. The number of nitrogens with one attached hydrogen (secondary N) is 1. The molecule has 0 aliphatic carbocycles. The van der Waals surface area contributed by atoms with Crippen LogP contribution in [0.5, 0.6) is 0 Å². The maximum atomic E-state index is 5.40. The first-order chi connectivity index (χ1) is 8.97. The van der Waals surface area contributed by atoms with Gasteiger partial charge in [-0.3, -0.25) is 0 Å². The van der Waals surface area contributed by atoms with Crippen LogP contribution in [0.3, 0.4) is 0 Å². The van der Waals surface area contributed by atoms with Crippen LogP contribution in [-0.4, -0.2) is 29.3 Å². The van der Waals surface area contributed by atoms with Crippen LogP contribution in [0.1, 0.15) is 52.8 Å². The average Bonchev–Trinajstić information content (AvgIpc) is 2.76. The normalized spacial score (nSPS) is 13.7. The molecule has 0 spiro atoms. The highest BCUT2D eigenvalue weighted by Gasteiger charge is 2.26. The third-order valence-electron chi connectivity index (χ3n) is 2.96. The summed E-state index contributed by atoms with van der Waals surface area (Å²) in [6.07, 6.45) is 1.75. The molecule has 5 nitrogen and oxygen atoms in total. The Kier molecular flexibility index (Phi) is 6.45. The van der Waals surface area contributed by atoms with Crippen molar-refractivity contribution in [2.24, 2.45) is 5.41 Å². The van der Waals surface area contributed by atoms with Gasteiger partial charge in [-0.05, 0) is 18.4 Å². The van der Waals surface area contributed by atoms with Crippen molar-refractivity contribution in [3.63, 3.8) is 0 Å². The number of rotatable bonds is 8. The highest BCUT2D eigenvalue weighted by atomic mass is 16.5. The lowest BCUT2D eigenvalue weighted by atomic mass is 9.84. The van der Waals surface area contributed by atoms with Gasteiger partial charge < -0.3 is 14.6 Å². The lowest BCUT2D eigenvalue weighted by Crippen LogP contribution is -2.41. The molecule has 19 heavy (non-hydrogen) atoms. The predicted octanol–water partition coefficient (Wildman–Crippen LogP) is 2.56. The first-order valence-corrected chi connectivity index (χ1v) is 7.10. The molecule has 1 atom stereocenters. The second kappa shape index (κ2) is 7.60. The maximum Gasteiger partial charge on any atom is 0.228 e. The van der Waals surface area contributed by atoms with Gasteiger partial charge in [0.1, 0.15) is 6.61 Å². The molecule has 5 heteroatoms. The Bertz CT molecular complexity index is 358. The molecule has 1 N–H and O–H groups in total. The fourth-order valence-electron chi connectivity index (χ4n) is 1.85. The van der Waals surface area contributed by atoms with Crippen LogP contribution in [0.25, 0.3) is 0 Å². The van der Waals surface area contributed by atoms with E-state index in [9.17, 15) is 0 Å². The third-order valence-corrected chi connectivity index (χ3v) is 2.96. The fourth-order valence-corrected chi connectivity index (χ4v) is 1.85. The van der Waals surface area contributed by atoms with E-state index in [1.807, 2.05) is 0 Å². The van der Waals surface area contributed by atoms with E-state index in [0.717, 1.165) is 26.0 Å². The Hall–Kier alpha value is -0.940. The van der Waals surface area contributed by atoms with Gasteiger partial charge >= 0.3 is 0 Å². The number of hydrogen-bond acceptors (Lipinski definition) is 5. The van der Waals surface area contributed by atoms with Crippen LogP contribution in [0.4, 0.5) is 0 Å². The van der Waals surface area contributed by atoms with E-state index in [1.165, 1.54) is 0 Å². The summed E-state index contributed by atoms with van der Waals surface area (Å²) in [7, 11) is 0. The molecule has 1 unspecified atom stereocenters. The zero-order valence-corrected chi connectivity index (χ0v) is 12.8. The van der Waals surface area contributed by atoms with Gasteiger partial charge in [0.2, 0.25) is 5.89 Å². The third kappa shape index (κ3) is 5.70. The van der Waals surface area contributed by atoms with Gasteiger partial charge in [-0.2, -0.15) is 4.98 Å². The van der Waals surface area contributed by atoms with Crippen molar-refractivity contribution >= 4 is 0 Å². The lowest BCUT2D eigenvalue weighted by molar-refractivity contribution is 0.114. The highest BCUT2D eigenvalue weighted by Crippen LogP contribution is 2.22. The van der Waals surface area contributed by atoms with E-state index in [2.05, 4.69) is 50.1 Å². The van der Waals surface area contributed by atoms with Crippen LogP contribution in [-0.2, 0) is 17.8 Å². The summed E-state index contributed by atoms with van der Waals surface area (Å²) in [5.74, 6) is 1.31. The predicted molar refractivity (Wildman–Crippen MR) is 74.9 cm³/mol. The summed E-state index contributed by atoms with van der Waals surface area (Å²) in [6, 6.07) is 0.322. The number of ether oxygens (including phenoxy) is 1. The molecule has 0 amide bonds. The minimum Gasteiger partial charge on any atom is -0.373 e. The van der Waals surface area contributed by atoms with Gasteiger partial charge in [0, 0.05) is 19.1 Å². The molecule has 1 aromatic heterocycles. The van der Waals surface area contributed by atoms with Gasteiger partial charge in [0.15, 0.2) is 5.82 Å². The number of likely N-dealkylation sites (N-methyl/N-ethyl adjacent to an activating group) is 1. The van der Waals surface area contributed by atoms with Gasteiger partial charge in [-0.25, -0.2) is 0 Å². The molecule has 110 valence electrons. The lowest BCUT2D eigenvalue weighted by Gasteiger charge is -2.30. The molecule has 1 aromatic rings. The molecular weight excluding hydrogens is 242 g/mol. The minimum atomic E-state index is 0.156. The summed E-state index contributed by atoms with van der Waals surface area (Å²) in [4.78, 5) is 4.37. The van der Waals surface area contributed by atoms with Crippen molar-refractivity contribution in [2.45, 2.75) is 60.1 Å². The quantitative estimate of drug-likeness (QED) is 0.735. The Morgan fingerprint density at radius 1 is 1.32 bits per heavy atom. The van der Waals surface area contributed by atoms with Gasteiger partial charge in [-0.1, -0.05) is 39.8 Å². The molecule has 0 aliphatic rings. The van der Waals surface area contributed by atoms with Crippen molar-refractivity contribution in [1.82, 2.24) is 15.5 Å². The minimum absolute atomic E-state index is 0.156. The van der Waals surface area contributed by atoms with Crippen LogP contribution in [0.15, 0.2) is 4.52 Å². The molecule has 1 heterocycles. The standard InChI is InChI=1S/C14H27N3O2/c1-6-8-18-10-12-16-13(19-17-12)9-11(15-7-2)14(3,4)5/h11,15H,6-10H2,1-5H3. The number of aromatic nitrogens is 2. The zero-order valence-electron chi connectivity index (χ0n) is 12.8. The summed E-state index contributed by atoms with van der Waals surface area (Å²) < 4.78 is 10.7. The smallest absolute Gasteiger partial charge is 0.228 e. The molecule has 1 rings (SSSR count). The molecule has 0 fully saturated rings. The van der Waals surface area contributed by atoms with Gasteiger partial charge in [0.25, 0.3) is 0 Å². The summed E-state index contributed by atoms with van der Waals surface area (Å²) >= 11 is 0. The average molecular weight is 269 g/mol. The van der Waals surface area contributed by atoms with Gasteiger partial charge in [0.05, 0.1) is 0 Å². The Labute approximate surface area is 116 Å². The van der Waals surface area contributed by atoms with Crippen LogP contribution < -0.4 is 5.32 Å². The molecule has 0 saturated heterocycles. The first-order valence-electron chi connectivity index (χ1n) is 7.10. The molecule has 0 bridgehead atoms. The molecule has 0 aromatic carbocycles. The van der Waals surface area contributed by atoms with E-state index < -0.39 is 0 Å². The largest absolute Gasteiger partial charge is 0.373 e. The topological polar surface area (TPSA) is 60.2 Å². The first kappa shape index (κ1) is 16.1. The highest BCUT2D eigenvalue weighted by molar-refractivity contribution is 4.92. The monoisotopic (exact) mass is 269 g/mol. The summed E-state index contributed by atoms with van der Waals surface area (Å²) in [6.45, 7) is 12.9. The molecule has 0 radical (unpaired) electrons. The Morgan fingerprint density at radius 2 is 2.05 bits per heavy atom. The van der Waals surface area contributed by atoms with E-state index in [4.69, 9.17) is 9.26 Å². The SMILES string of the molecule is CCCOCc1noc(CC(NCC)C(C)(C)C)n1.